The summed E-state index contributed by atoms with van der Waals surface area (Å²) in [5.41, 5.74) is 2.11. The Morgan fingerprint density at radius 1 is 1.21 bits per heavy atom. The van der Waals surface area contributed by atoms with Gasteiger partial charge in [0, 0.05) is 4.90 Å². The Balaban J connectivity index is 1.99. The molecule has 0 saturated carbocycles. The zero-order valence-corrected chi connectivity index (χ0v) is 10.5. The van der Waals surface area contributed by atoms with Crippen molar-refractivity contribution in [3.8, 4) is 6.07 Å². The Morgan fingerprint density at radius 2 is 2.05 bits per heavy atom. The van der Waals surface area contributed by atoms with Crippen LogP contribution < -0.4 is 0 Å². The minimum atomic E-state index is -0.412. The van der Waals surface area contributed by atoms with E-state index in [0.717, 1.165) is 11.0 Å². The van der Waals surface area contributed by atoms with Crippen LogP contribution in [0.15, 0.2) is 52.5 Å². The van der Waals surface area contributed by atoms with Gasteiger partial charge in [0.2, 0.25) is 0 Å². The molecule has 19 heavy (non-hydrogen) atoms. The Kier molecular flexibility index (Phi) is 2.94. The maximum atomic E-state index is 13.1. The summed E-state index contributed by atoms with van der Waals surface area (Å²) < 4.78 is 13.1. The number of hydrogen-bond acceptors (Lipinski definition) is 3. The number of rotatable bonds is 2. The van der Waals surface area contributed by atoms with Crippen molar-refractivity contribution in [1.29, 1.82) is 5.26 Å². The van der Waals surface area contributed by atoms with E-state index in [4.69, 9.17) is 5.26 Å². The van der Waals surface area contributed by atoms with E-state index in [-0.39, 0.29) is 0 Å². The monoisotopic (exact) mass is 269 g/mol. The van der Waals surface area contributed by atoms with E-state index in [1.165, 1.54) is 23.9 Å². The summed E-state index contributed by atoms with van der Waals surface area (Å²) in [4.78, 5) is 8.25. The second kappa shape index (κ2) is 4.75. The van der Waals surface area contributed by atoms with Crippen LogP contribution in [0.25, 0.3) is 11.0 Å². The molecule has 1 heterocycles. The molecule has 5 heteroatoms. The van der Waals surface area contributed by atoms with Gasteiger partial charge in [-0.3, -0.25) is 0 Å². The van der Waals surface area contributed by atoms with Gasteiger partial charge in [0.25, 0.3) is 0 Å². The third kappa shape index (κ3) is 2.30. The highest BCUT2D eigenvalue weighted by Gasteiger charge is 2.09. The lowest BCUT2D eigenvalue weighted by Gasteiger charge is -2.00. The Bertz CT molecular complexity index is 756. The average molecular weight is 269 g/mol. The molecular formula is C14H8FN3S. The van der Waals surface area contributed by atoms with Crippen molar-refractivity contribution in [2.24, 2.45) is 0 Å². The first-order chi connectivity index (χ1) is 9.26. The van der Waals surface area contributed by atoms with Crippen LogP contribution in [0.2, 0.25) is 0 Å². The number of benzene rings is 2. The number of halogens is 1. The van der Waals surface area contributed by atoms with Crippen LogP contribution in [0.1, 0.15) is 5.56 Å². The van der Waals surface area contributed by atoms with Crippen molar-refractivity contribution in [2.45, 2.75) is 10.1 Å². The van der Waals surface area contributed by atoms with E-state index in [2.05, 4.69) is 9.97 Å². The number of aromatic nitrogens is 2. The minimum Gasteiger partial charge on any atom is -0.333 e. The molecule has 0 saturated heterocycles. The van der Waals surface area contributed by atoms with Crippen LogP contribution in [0.3, 0.4) is 0 Å². The van der Waals surface area contributed by atoms with Crippen LogP contribution in [0, 0.1) is 17.1 Å². The maximum absolute atomic E-state index is 13.1. The summed E-state index contributed by atoms with van der Waals surface area (Å²) in [7, 11) is 0. The van der Waals surface area contributed by atoms with Gasteiger partial charge in [-0.15, -0.1) is 0 Å². The highest BCUT2D eigenvalue weighted by molar-refractivity contribution is 7.99. The highest BCUT2D eigenvalue weighted by Crippen LogP contribution is 2.30. The van der Waals surface area contributed by atoms with Crippen LogP contribution in [-0.4, -0.2) is 9.97 Å². The van der Waals surface area contributed by atoms with E-state index in [9.17, 15) is 4.39 Å². The van der Waals surface area contributed by atoms with E-state index in [1.807, 2.05) is 30.3 Å². The lowest BCUT2D eigenvalue weighted by molar-refractivity contribution is 0.626. The molecule has 0 spiro atoms. The van der Waals surface area contributed by atoms with Gasteiger partial charge in [0.1, 0.15) is 11.9 Å². The molecule has 1 N–H and O–H groups in total. The number of hydrogen-bond donors (Lipinski definition) is 1. The quantitative estimate of drug-likeness (QED) is 0.771. The Morgan fingerprint density at radius 3 is 2.84 bits per heavy atom. The van der Waals surface area contributed by atoms with Crippen molar-refractivity contribution in [2.75, 3.05) is 0 Å². The highest BCUT2D eigenvalue weighted by atomic mass is 32.2. The fraction of sp³-hybridized carbons (Fsp3) is 0. The van der Waals surface area contributed by atoms with E-state index in [0.29, 0.717) is 15.6 Å². The van der Waals surface area contributed by atoms with E-state index < -0.39 is 5.82 Å². The number of nitrogens with one attached hydrogen (secondary N) is 1. The molecule has 3 rings (SSSR count). The number of aromatic amines is 1. The molecule has 0 radical (unpaired) electrons. The SMILES string of the molecule is N#Cc1cc(F)ccc1Sc1nc2ccccc2[nH]1. The molecule has 3 aromatic rings. The van der Waals surface area contributed by atoms with Crippen molar-refractivity contribution in [3.63, 3.8) is 0 Å². The summed E-state index contributed by atoms with van der Waals surface area (Å²) in [5, 5.41) is 9.68. The lowest BCUT2D eigenvalue weighted by Crippen LogP contribution is -1.84. The number of nitriles is 1. The van der Waals surface area contributed by atoms with Gasteiger partial charge in [-0.2, -0.15) is 5.26 Å². The molecule has 2 aromatic carbocycles. The van der Waals surface area contributed by atoms with E-state index in [1.54, 1.807) is 6.07 Å². The van der Waals surface area contributed by atoms with Gasteiger partial charge in [-0.1, -0.05) is 23.9 Å². The van der Waals surface area contributed by atoms with Gasteiger partial charge in [0.15, 0.2) is 5.16 Å². The Labute approximate surface area is 113 Å². The fourth-order valence-electron chi connectivity index (χ4n) is 1.76. The zero-order valence-electron chi connectivity index (χ0n) is 9.72. The number of nitrogens with zero attached hydrogens (tertiary/aromatic N) is 2. The smallest absolute Gasteiger partial charge is 0.171 e. The molecule has 0 unspecified atom stereocenters. The molecule has 3 nitrogen and oxygen atoms in total. The largest absolute Gasteiger partial charge is 0.333 e. The molecule has 0 aliphatic heterocycles. The van der Waals surface area contributed by atoms with Crippen LogP contribution in [0.5, 0.6) is 0 Å². The van der Waals surface area contributed by atoms with Gasteiger partial charge >= 0.3 is 0 Å². The number of imidazole rings is 1. The van der Waals surface area contributed by atoms with Crippen LogP contribution in [0.4, 0.5) is 4.39 Å². The zero-order chi connectivity index (χ0) is 13.2. The third-order valence-electron chi connectivity index (χ3n) is 2.64. The molecule has 0 bridgehead atoms. The molecule has 0 atom stereocenters. The first-order valence-electron chi connectivity index (χ1n) is 5.58. The number of para-hydroxylation sites is 2. The first-order valence-corrected chi connectivity index (χ1v) is 6.40. The molecule has 0 aliphatic rings. The average Bonchev–Trinajstić information content (AvgIpc) is 2.83. The number of H-pyrrole nitrogens is 1. The van der Waals surface area contributed by atoms with Gasteiger partial charge < -0.3 is 4.98 Å². The second-order valence-electron chi connectivity index (χ2n) is 3.91. The predicted octanol–water partition coefficient (Wildman–Crippen LogP) is 3.72. The van der Waals surface area contributed by atoms with E-state index >= 15 is 0 Å². The molecular weight excluding hydrogens is 261 g/mol. The van der Waals surface area contributed by atoms with Crippen molar-refractivity contribution >= 4 is 22.8 Å². The fourth-order valence-corrected chi connectivity index (χ4v) is 2.62. The van der Waals surface area contributed by atoms with Gasteiger partial charge in [-0.05, 0) is 30.3 Å². The number of fused-ring (bicyclic) bond motifs is 1. The van der Waals surface area contributed by atoms with Crippen molar-refractivity contribution in [1.82, 2.24) is 9.97 Å². The van der Waals surface area contributed by atoms with Crippen molar-refractivity contribution in [3.05, 3.63) is 53.8 Å². The maximum Gasteiger partial charge on any atom is 0.171 e. The summed E-state index contributed by atoms with van der Waals surface area (Å²) in [6.07, 6.45) is 0. The van der Waals surface area contributed by atoms with Crippen LogP contribution in [-0.2, 0) is 0 Å². The molecule has 0 amide bonds. The lowest BCUT2D eigenvalue weighted by atomic mass is 10.2. The normalized spacial score (nSPS) is 10.5. The minimum absolute atomic E-state index is 0.311. The molecule has 0 aliphatic carbocycles. The molecule has 92 valence electrons. The van der Waals surface area contributed by atoms with Gasteiger partial charge in [0.05, 0.1) is 16.6 Å². The summed E-state index contributed by atoms with van der Waals surface area (Å²) in [6.45, 7) is 0. The second-order valence-corrected chi connectivity index (χ2v) is 4.94. The topological polar surface area (TPSA) is 52.5 Å². The standard InChI is InChI=1S/C14H8FN3S/c15-10-5-6-13(9(7-10)8-16)19-14-17-11-3-1-2-4-12(11)18-14/h1-7H,(H,17,18). The Hall–Kier alpha value is -2.32. The predicted molar refractivity (Wildman–Crippen MR) is 71.3 cm³/mol. The summed E-state index contributed by atoms with van der Waals surface area (Å²) >= 11 is 1.32. The van der Waals surface area contributed by atoms with Crippen LogP contribution >= 0.6 is 11.8 Å². The van der Waals surface area contributed by atoms with Gasteiger partial charge in [-0.25, -0.2) is 9.37 Å². The molecule has 1 aromatic heterocycles. The summed E-state index contributed by atoms with van der Waals surface area (Å²) in [5.74, 6) is -0.412. The third-order valence-corrected chi connectivity index (χ3v) is 3.60. The van der Waals surface area contributed by atoms with Crippen molar-refractivity contribution < 1.29 is 4.39 Å². The summed E-state index contributed by atoms with van der Waals surface area (Å²) in [6, 6.07) is 13.8. The first kappa shape index (κ1) is 11.8. The molecule has 0 fully saturated rings.